The number of nitrogens with one attached hydrogen (secondary N) is 3. The van der Waals surface area contributed by atoms with Crippen molar-refractivity contribution in [2.45, 2.75) is 56.5 Å². The molecule has 0 heterocycles. The molecule has 14 heteroatoms. The van der Waals surface area contributed by atoms with E-state index in [0.717, 1.165) is 0 Å². The van der Waals surface area contributed by atoms with Crippen LogP contribution in [0.2, 0.25) is 0 Å². The number of amides is 3. The molecule has 0 saturated carbocycles. The number of carboxylic acids is 2. The first kappa shape index (κ1) is 29.0. The highest BCUT2D eigenvalue weighted by atomic mass is 32.2. The van der Waals surface area contributed by atoms with Crippen molar-refractivity contribution in [3.05, 3.63) is 0 Å². The summed E-state index contributed by atoms with van der Waals surface area (Å²) >= 11 is 5.41. The molecule has 0 saturated heterocycles. The van der Waals surface area contributed by atoms with Crippen molar-refractivity contribution < 1.29 is 39.3 Å². The number of thiol groups is 1. The van der Waals surface area contributed by atoms with Gasteiger partial charge in [0.1, 0.15) is 12.1 Å². The van der Waals surface area contributed by atoms with Gasteiger partial charge >= 0.3 is 11.9 Å². The Balaban J connectivity index is 5.16. The molecule has 178 valence electrons. The number of carbonyl (C=O) groups excluding carboxylic acids is 3. The molecular formula is C17H30N4O8S2. The number of aliphatic hydroxyl groups is 1. The van der Waals surface area contributed by atoms with Crippen molar-refractivity contribution in [2.75, 3.05) is 17.8 Å². The van der Waals surface area contributed by atoms with Crippen LogP contribution in [-0.4, -0.2) is 93.0 Å². The third kappa shape index (κ3) is 11.2. The molecule has 0 bridgehead atoms. The second-order valence-corrected chi connectivity index (χ2v) is 8.04. The van der Waals surface area contributed by atoms with Crippen molar-refractivity contribution in [3.63, 3.8) is 0 Å². The summed E-state index contributed by atoms with van der Waals surface area (Å²) < 4.78 is 0. The van der Waals surface area contributed by atoms with E-state index >= 15 is 0 Å². The van der Waals surface area contributed by atoms with Crippen LogP contribution in [0.1, 0.15) is 26.2 Å². The average molecular weight is 483 g/mol. The summed E-state index contributed by atoms with van der Waals surface area (Å²) in [7, 11) is 0. The van der Waals surface area contributed by atoms with Gasteiger partial charge in [-0.05, 0) is 31.8 Å². The minimum absolute atomic E-state index is 0.115. The summed E-state index contributed by atoms with van der Waals surface area (Å²) in [4.78, 5) is 59.0. The van der Waals surface area contributed by atoms with E-state index in [2.05, 4.69) is 28.6 Å². The van der Waals surface area contributed by atoms with Gasteiger partial charge in [0.2, 0.25) is 17.7 Å². The average Bonchev–Trinajstić information content (AvgIpc) is 2.69. The second kappa shape index (κ2) is 14.9. The number of nitrogens with two attached hydrogens (primary N) is 1. The first-order valence-corrected chi connectivity index (χ1v) is 11.4. The van der Waals surface area contributed by atoms with Crippen LogP contribution in [0.3, 0.4) is 0 Å². The predicted octanol–water partition coefficient (Wildman–Crippen LogP) is -2.22. The van der Waals surface area contributed by atoms with Crippen LogP contribution >= 0.6 is 24.4 Å². The summed E-state index contributed by atoms with van der Waals surface area (Å²) in [6.07, 6.45) is 0.193. The zero-order valence-electron chi connectivity index (χ0n) is 17.2. The smallest absolute Gasteiger partial charge is 0.328 e. The molecule has 0 aromatic heterocycles. The Labute approximate surface area is 189 Å². The van der Waals surface area contributed by atoms with Crippen LogP contribution in [0.15, 0.2) is 0 Å². The summed E-state index contributed by atoms with van der Waals surface area (Å²) in [5.41, 5.74) is 5.66. The Bertz CT molecular complexity index is 650. The van der Waals surface area contributed by atoms with E-state index in [1.165, 1.54) is 18.7 Å². The Morgan fingerprint density at radius 3 is 1.97 bits per heavy atom. The fraction of sp³-hybridized carbons (Fsp3) is 0.706. The summed E-state index contributed by atoms with van der Waals surface area (Å²) in [6, 6.07) is -5.00. The van der Waals surface area contributed by atoms with Crippen LogP contribution in [0.4, 0.5) is 0 Å². The van der Waals surface area contributed by atoms with Crippen molar-refractivity contribution in [3.8, 4) is 0 Å². The Morgan fingerprint density at radius 2 is 1.52 bits per heavy atom. The van der Waals surface area contributed by atoms with Gasteiger partial charge in [0.15, 0.2) is 6.04 Å². The Morgan fingerprint density at radius 1 is 0.968 bits per heavy atom. The highest BCUT2D eigenvalue weighted by molar-refractivity contribution is 7.98. The number of hydrogen-bond acceptors (Lipinski definition) is 9. The van der Waals surface area contributed by atoms with Crippen LogP contribution in [-0.2, 0) is 24.0 Å². The number of aliphatic carboxylic acids is 2. The van der Waals surface area contributed by atoms with Gasteiger partial charge in [-0.25, -0.2) is 4.79 Å². The molecule has 5 atom stereocenters. The number of carbonyl (C=O) groups is 5. The quantitative estimate of drug-likeness (QED) is 0.118. The topological polar surface area (TPSA) is 208 Å². The maximum atomic E-state index is 12.7. The first-order valence-electron chi connectivity index (χ1n) is 9.33. The Hall–Kier alpha value is -2.03. The number of rotatable bonds is 15. The number of hydrogen-bond donors (Lipinski definition) is 8. The lowest BCUT2D eigenvalue weighted by Crippen LogP contribution is -2.58. The highest BCUT2D eigenvalue weighted by Gasteiger charge is 2.31. The number of aliphatic hydroxyl groups excluding tert-OH is 1. The third-order valence-corrected chi connectivity index (χ3v) is 5.12. The molecule has 0 radical (unpaired) electrons. The van der Waals surface area contributed by atoms with Gasteiger partial charge in [-0.2, -0.15) is 24.4 Å². The molecule has 5 unspecified atom stereocenters. The maximum Gasteiger partial charge on any atom is 0.328 e. The van der Waals surface area contributed by atoms with Crippen LogP contribution in [0, 0.1) is 0 Å². The minimum Gasteiger partial charge on any atom is -0.481 e. The third-order valence-electron chi connectivity index (χ3n) is 4.11. The zero-order valence-corrected chi connectivity index (χ0v) is 18.9. The lowest BCUT2D eigenvalue weighted by molar-refractivity contribution is -0.145. The van der Waals surface area contributed by atoms with Crippen molar-refractivity contribution in [2.24, 2.45) is 5.73 Å². The van der Waals surface area contributed by atoms with E-state index < -0.39 is 59.9 Å². The van der Waals surface area contributed by atoms with Gasteiger partial charge in [0, 0.05) is 12.2 Å². The van der Waals surface area contributed by atoms with Crippen LogP contribution in [0.5, 0.6) is 0 Å². The molecule has 0 aliphatic rings. The van der Waals surface area contributed by atoms with Crippen LogP contribution in [0.25, 0.3) is 0 Å². The molecule has 0 aliphatic carbocycles. The van der Waals surface area contributed by atoms with E-state index in [1.807, 2.05) is 0 Å². The molecule has 0 aliphatic heterocycles. The van der Waals surface area contributed by atoms with E-state index in [1.54, 1.807) is 6.26 Å². The fourth-order valence-electron chi connectivity index (χ4n) is 2.30. The largest absolute Gasteiger partial charge is 0.481 e. The second-order valence-electron chi connectivity index (χ2n) is 6.69. The number of thioether (sulfide) groups is 1. The monoisotopic (exact) mass is 482 g/mol. The maximum absolute atomic E-state index is 12.7. The molecule has 0 fully saturated rings. The molecular weight excluding hydrogens is 452 g/mol. The van der Waals surface area contributed by atoms with E-state index in [4.69, 9.17) is 15.9 Å². The van der Waals surface area contributed by atoms with Crippen molar-refractivity contribution in [1.82, 2.24) is 16.0 Å². The first-order chi connectivity index (χ1) is 14.4. The Kier molecular flexibility index (Phi) is 13.9. The molecule has 0 rings (SSSR count). The molecule has 12 nitrogen and oxygen atoms in total. The van der Waals surface area contributed by atoms with Gasteiger partial charge in [0.05, 0.1) is 12.1 Å². The zero-order chi connectivity index (χ0) is 24.1. The van der Waals surface area contributed by atoms with Gasteiger partial charge in [0.25, 0.3) is 0 Å². The summed E-state index contributed by atoms with van der Waals surface area (Å²) in [5, 5.41) is 34.2. The van der Waals surface area contributed by atoms with E-state index in [0.29, 0.717) is 5.75 Å². The van der Waals surface area contributed by atoms with Gasteiger partial charge in [-0.3, -0.25) is 19.2 Å². The van der Waals surface area contributed by atoms with Crippen LogP contribution < -0.4 is 21.7 Å². The molecule has 0 aromatic rings. The highest BCUT2D eigenvalue weighted by Crippen LogP contribution is 2.04. The number of carboxylic acid groups (broad SMARTS) is 2. The minimum atomic E-state index is -1.58. The summed E-state index contributed by atoms with van der Waals surface area (Å²) in [5.74, 6) is -4.55. The summed E-state index contributed by atoms with van der Waals surface area (Å²) in [6.45, 7) is 1.19. The fourth-order valence-corrected chi connectivity index (χ4v) is 3.03. The lowest BCUT2D eigenvalue weighted by atomic mass is 10.1. The molecule has 3 amide bonds. The SMILES string of the molecule is CSCCC(NC(=O)C(N)CCC(=O)O)C(=O)NC(CS)C(=O)NC(C(=O)O)C(C)O. The van der Waals surface area contributed by atoms with Gasteiger partial charge in [-0.15, -0.1) is 0 Å². The normalized spacial score (nSPS) is 15.6. The van der Waals surface area contributed by atoms with Gasteiger partial charge < -0.3 is 37.0 Å². The van der Waals surface area contributed by atoms with E-state index in [9.17, 15) is 29.1 Å². The lowest BCUT2D eigenvalue weighted by Gasteiger charge is -2.25. The predicted molar refractivity (Wildman–Crippen MR) is 117 cm³/mol. The molecule has 0 spiro atoms. The van der Waals surface area contributed by atoms with Crippen molar-refractivity contribution >= 4 is 54.1 Å². The molecule has 0 aromatic carbocycles. The molecule has 8 N–H and O–H groups in total. The molecule has 31 heavy (non-hydrogen) atoms. The standard InChI is InChI=1S/C17H30N4O8S2/c1-8(22)13(17(28)29)21-16(27)11(7-30)20-15(26)10(5-6-31-2)19-14(25)9(18)3-4-12(23)24/h8-11,13,22,30H,3-7,18H2,1-2H3,(H,19,25)(H,20,26)(H,21,27)(H,23,24)(H,28,29). The van der Waals surface area contributed by atoms with E-state index in [-0.39, 0.29) is 25.0 Å². The van der Waals surface area contributed by atoms with Crippen molar-refractivity contribution in [1.29, 1.82) is 0 Å². The van der Waals surface area contributed by atoms with Gasteiger partial charge in [-0.1, -0.05) is 0 Å².